The minimum Gasteiger partial charge on any atom is -0.348 e. The Morgan fingerprint density at radius 2 is 1.94 bits per heavy atom. The molecule has 0 amide bonds. The maximum absolute atomic E-state index is 11.9. The maximum Gasteiger partial charge on any atom is 0.328 e. The minimum absolute atomic E-state index is 0.0906. The zero-order valence-corrected chi connectivity index (χ0v) is 12.5. The van der Waals surface area contributed by atoms with Crippen LogP contribution in [0.15, 0.2) is 17.1 Å². The Balaban J connectivity index is 3.34. The predicted molar refractivity (Wildman–Crippen MR) is 78.7 cm³/mol. The Morgan fingerprint density at radius 3 is 2.50 bits per heavy atom. The van der Waals surface area contributed by atoms with Crippen LogP contribution in [0.25, 0.3) is 0 Å². The summed E-state index contributed by atoms with van der Waals surface area (Å²) in [4.78, 5) is 13.8. The standard InChI is InChI=1S/C13H21N3OS/c1-6-7-8-9-14(3)11-10(2)15(4)13(17)16(5)12(11)18/h8-9H,6-7H2,1-5H3/b9-8+. The Hall–Kier alpha value is -1.36. The highest BCUT2D eigenvalue weighted by molar-refractivity contribution is 7.71. The maximum atomic E-state index is 11.9. The zero-order chi connectivity index (χ0) is 13.9. The highest BCUT2D eigenvalue weighted by Crippen LogP contribution is 2.18. The van der Waals surface area contributed by atoms with Crippen LogP contribution in [-0.2, 0) is 14.1 Å². The van der Waals surface area contributed by atoms with Crippen molar-refractivity contribution >= 4 is 17.9 Å². The van der Waals surface area contributed by atoms with Crippen LogP contribution in [0, 0.1) is 11.6 Å². The predicted octanol–water partition coefficient (Wildman–Crippen LogP) is 2.51. The summed E-state index contributed by atoms with van der Waals surface area (Å²) >= 11 is 5.36. The molecule has 0 saturated heterocycles. The van der Waals surface area contributed by atoms with Gasteiger partial charge in [-0.3, -0.25) is 9.13 Å². The third-order valence-corrected chi connectivity index (χ3v) is 3.53. The van der Waals surface area contributed by atoms with E-state index in [1.165, 1.54) is 4.57 Å². The quantitative estimate of drug-likeness (QED) is 0.785. The summed E-state index contributed by atoms with van der Waals surface area (Å²) in [6.45, 7) is 4.05. The second kappa shape index (κ2) is 6.00. The summed E-state index contributed by atoms with van der Waals surface area (Å²) in [6, 6.07) is 0. The Kier molecular flexibility index (Phi) is 4.90. The van der Waals surface area contributed by atoms with Gasteiger partial charge in [-0.1, -0.05) is 31.6 Å². The summed E-state index contributed by atoms with van der Waals surface area (Å²) < 4.78 is 3.69. The zero-order valence-electron chi connectivity index (χ0n) is 11.7. The van der Waals surface area contributed by atoms with Crippen LogP contribution in [0.4, 0.5) is 5.69 Å². The van der Waals surface area contributed by atoms with Crippen LogP contribution in [0.3, 0.4) is 0 Å². The molecule has 1 aromatic heterocycles. The van der Waals surface area contributed by atoms with E-state index in [0.29, 0.717) is 4.64 Å². The lowest BCUT2D eigenvalue weighted by Gasteiger charge is -2.20. The SMILES string of the molecule is CCC/C=C/N(C)c1c(C)n(C)c(=O)n(C)c1=S. The lowest BCUT2D eigenvalue weighted by molar-refractivity contribution is 0.678. The van der Waals surface area contributed by atoms with Crippen LogP contribution in [0.5, 0.6) is 0 Å². The van der Waals surface area contributed by atoms with E-state index >= 15 is 0 Å². The molecule has 0 aliphatic rings. The number of rotatable bonds is 4. The van der Waals surface area contributed by atoms with Crippen molar-refractivity contribution in [1.82, 2.24) is 9.13 Å². The van der Waals surface area contributed by atoms with Crippen LogP contribution >= 0.6 is 12.2 Å². The van der Waals surface area contributed by atoms with Crippen LogP contribution in [0.1, 0.15) is 25.5 Å². The number of hydrogen-bond acceptors (Lipinski definition) is 3. The third kappa shape index (κ3) is 2.72. The molecule has 0 N–H and O–H groups in total. The Morgan fingerprint density at radius 1 is 1.33 bits per heavy atom. The highest BCUT2D eigenvalue weighted by atomic mass is 32.1. The van der Waals surface area contributed by atoms with Gasteiger partial charge in [0.2, 0.25) is 0 Å². The van der Waals surface area contributed by atoms with Crippen molar-refractivity contribution in [3.63, 3.8) is 0 Å². The fraction of sp³-hybridized carbons (Fsp3) is 0.538. The molecule has 4 nitrogen and oxygen atoms in total. The van der Waals surface area contributed by atoms with Gasteiger partial charge in [0, 0.05) is 26.8 Å². The van der Waals surface area contributed by atoms with Gasteiger partial charge >= 0.3 is 5.69 Å². The molecule has 1 heterocycles. The first-order chi connectivity index (χ1) is 8.41. The van der Waals surface area contributed by atoms with E-state index in [0.717, 1.165) is 24.2 Å². The molecule has 1 rings (SSSR count). The molecule has 0 bridgehead atoms. The van der Waals surface area contributed by atoms with Crippen molar-refractivity contribution in [3.8, 4) is 0 Å². The van der Waals surface area contributed by atoms with E-state index in [9.17, 15) is 4.79 Å². The molecule has 0 saturated carbocycles. The van der Waals surface area contributed by atoms with Crippen molar-refractivity contribution in [2.75, 3.05) is 11.9 Å². The molecule has 0 unspecified atom stereocenters. The molecule has 0 atom stereocenters. The second-order valence-corrected chi connectivity index (χ2v) is 4.81. The van der Waals surface area contributed by atoms with Crippen molar-refractivity contribution in [2.24, 2.45) is 14.1 Å². The van der Waals surface area contributed by atoms with Gasteiger partial charge in [-0.25, -0.2) is 4.79 Å². The number of allylic oxidation sites excluding steroid dienone is 1. The molecule has 0 aliphatic carbocycles. The summed E-state index contributed by atoms with van der Waals surface area (Å²) in [5.74, 6) is 0. The van der Waals surface area contributed by atoms with Crippen LogP contribution < -0.4 is 10.6 Å². The third-order valence-electron chi connectivity index (χ3n) is 3.06. The molecule has 0 radical (unpaired) electrons. The van der Waals surface area contributed by atoms with Gasteiger partial charge in [-0.05, 0) is 19.5 Å². The van der Waals surface area contributed by atoms with Crippen molar-refractivity contribution in [1.29, 1.82) is 0 Å². The molecule has 0 fully saturated rings. The fourth-order valence-electron chi connectivity index (χ4n) is 1.81. The second-order valence-electron chi connectivity index (χ2n) is 4.42. The molecule has 18 heavy (non-hydrogen) atoms. The molecule has 5 heteroatoms. The van der Waals surface area contributed by atoms with Crippen LogP contribution in [-0.4, -0.2) is 16.2 Å². The molecule has 0 spiro atoms. The van der Waals surface area contributed by atoms with Gasteiger partial charge < -0.3 is 4.90 Å². The van der Waals surface area contributed by atoms with Gasteiger partial charge in [0.1, 0.15) is 4.64 Å². The number of hydrogen-bond donors (Lipinski definition) is 0. The first-order valence-corrected chi connectivity index (χ1v) is 6.48. The average Bonchev–Trinajstić information content (AvgIpc) is 2.34. The Labute approximate surface area is 113 Å². The van der Waals surface area contributed by atoms with Crippen molar-refractivity contribution in [3.05, 3.63) is 33.1 Å². The number of aromatic nitrogens is 2. The van der Waals surface area contributed by atoms with Crippen molar-refractivity contribution < 1.29 is 0 Å². The molecule has 1 aromatic rings. The summed E-state index contributed by atoms with van der Waals surface area (Å²) in [5.41, 5.74) is 1.70. The number of anilines is 1. The van der Waals surface area contributed by atoms with Gasteiger partial charge in [0.25, 0.3) is 0 Å². The Bertz CT molecular complexity index is 569. The van der Waals surface area contributed by atoms with E-state index in [1.807, 2.05) is 25.1 Å². The first kappa shape index (κ1) is 14.7. The lowest BCUT2D eigenvalue weighted by Crippen LogP contribution is -2.31. The lowest BCUT2D eigenvalue weighted by atomic mass is 10.3. The largest absolute Gasteiger partial charge is 0.348 e. The monoisotopic (exact) mass is 267 g/mol. The smallest absolute Gasteiger partial charge is 0.328 e. The molecule has 0 aliphatic heterocycles. The fourth-order valence-corrected chi connectivity index (χ4v) is 2.18. The molecule has 0 aromatic carbocycles. The van der Waals surface area contributed by atoms with E-state index in [4.69, 9.17) is 12.2 Å². The minimum atomic E-state index is -0.0906. The van der Waals surface area contributed by atoms with Gasteiger partial charge in [-0.15, -0.1) is 0 Å². The van der Waals surface area contributed by atoms with E-state index < -0.39 is 0 Å². The average molecular weight is 267 g/mol. The van der Waals surface area contributed by atoms with Gasteiger partial charge in [-0.2, -0.15) is 0 Å². The van der Waals surface area contributed by atoms with Crippen LogP contribution in [0.2, 0.25) is 0 Å². The van der Waals surface area contributed by atoms with Crippen molar-refractivity contribution in [2.45, 2.75) is 26.7 Å². The van der Waals surface area contributed by atoms with Gasteiger partial charge in [0.05, 0.1) is 5.69 Å². The topological polar surface area (TPSA) is 30.2 Å². The summed E-state index contributed by atoms with van der Waals surface area (Å²) in [6.07, 6.45) is 6.27. The molecular weight excluding hydrogens is 246 g/mol. The summed E-state index contributed by atoms with van der Waals surface area (Å²) in [5, 5.41) is 0. The number of nitrogens with zero attached hydrogens (tertiary/aromatic N) is 3. The molecule has 100 valence electrons. The normalized spacial score (nSPS) is 11.2. The highest BCUT2D eigenvalue weighted by Gasteiger charge is 2.11. The van der Waals surface area contributed by atoms with E-state index in [1.54, 1.807) is 18.7 Å². The van der Waals surface area contributed by atoms with Gasteiger partial charge in [0.15, 0.2) is 0 Å². The first-order valence-electron chi connectivity index (χ1n) is 6.07. The van der Waals surface area contributed by atoms with E-state index in [2.05, 4.69) is 13.0 Å². The summed E-state index contributed by atoms with van der Waals surface area (Å²) in [7, 11) is 5.42. The van der Waals surface area contributed by atoms with E-state index in [-0.39, 0.29) is 5.69 Å². The molecular formula is C13H21N3OS. The number of unbranched alkanes of at least 4 members (excludes halogenated alkanes) is 1.